The molecule has 4 N–H and O–H groups in total. The summed E-state index contributed by atoms with van der Waals surface area (Å²) in [5.74, 6) is -0.558. The second-order valence-corrected chi connectivity index (χ2v) is 7.37. The molecule has 5 nitrogen and oxygen atoms in total. The lowest BCUT2D eigenvalue weighted by Crippen LogP contribution is -2.58. The summed E-state index contributed by atoms with van der Waals surface area (Å²) in [4.78, 5) is -0.413. The molecular weight excluding hydrogens is 293 g/mol. The van der Waals surface area contributed by atoms with Crippen LogP contribution in [0.4, 0.5) is 4.39 Å². The van der Waals surface area contributed by atoms with E-state index in [1.54, 1.807) is 0 Å². The van der Waals surface area contributed by atoms with Gasteiger partial charge in [0.05, 0.1) is 5.54 Å². The molecule has 0 aromatic heterocycles. The van der Waals surface area contributed by atoms with Crippen molar-refractivity contribution >= 4 is 15.9 Å². The van der Waals surface area contributed by atoms with Crippen molar-refractivity contribution in [3.8, 4) is 0 Å². The highest BCUT2D eigenvalue weighted by Gasteiger charge is 2.41. The van der Waals surface area contributed by atoms with Crippen LogP contribution in [0.25, 0.3) is 0 Å². The van der Waals surface area contributed by atoms with E-state index < -0.39 is 26.3 Å². The van der Waals surface area contributed by atoms with Gasteiger partial charge >= 0.3 is 0 Å². The van der Waals surface area contributed by atoms with Gasteiger partial charge in [-0.2, -0.15) is 4.72 Å². The number of nitrogens with two attached hydrogens (primary N) is 1. The van der Waals surface area contributed by atoms with Gasteiger partial charge < -0.3 is 5.73 Å². The number of halogens is 1. The number of nitrogens with one attached hydrogen (secondary N) is 2. The highest BCUT2D eigenvalue weighted by atomic mass is 32.2. The lowest BCUT2D eigenvalue weighted by atomic mass is 9.77. The number of hydrogen-bond donors (Lipinski definition) is 3. The van der Waals surface area contributed by atoms with Crippen LogP contribution in [0.2, 0.25) is 0 Å². The Balaban J connectivity index is 2.33. The van der Waals surface area contributed by atoms with E-state index in [9.17, 15) is 12.8 Å². The van der Waals surface area contributed by atoms with Gasteiger partial charge in [-0.3, -0.25) is 5.41 Å². The first kappa shape index (κ1) is 15.9. The minimum atomic E-state index is -4.06. The molecule has 0 aliphatic heterocycles. The Hall–Kier alpha value is -1.47. The zero-order valence-corrected chi connectivity index (χ0v) is 12.7. The maximum atomic E-state index is 13.7. The summed E-state index contributed by atoms with van der Waals surface area (Å²) in [6.45, 7) is 2.08. The van der Waals surface area contributed by atoms with Gasteiger partial charge in [-0.1, -0.05) is 19.1 Å². The van der Waals surface area contributed by atoms with E-state index in [4.69, 9.17) is 11.1 Å². The van der Waals surface area contributed by atoms with E-state index in [-0.39, 0.29) is 5.84 Å². The highest BCUT2D eigenvalue weighted by molar-refractivity contribution is 7.89. The van der Waals surface area contributed by atoms with E-state index in [1.165, 1.54) is 18.2 Å². The minimum Gasteiger partial charge on any atom is -0.386 e. The molecule has 0 bridgehead atoms. The smallest absolute Gasteiger partial charge is 0.244 e. The van der Waals surface area contributed by atoms with Crippen LogP contribution < -0.4 is 10.5 Å². The van der Waals surface area contributed by atoms with E-state index in [0.717, 1.165) is 18.9 Å². The Morgan fingerprint density at radius 1 is 1.38 bits per heavy atom. The average Bonchev–Trinajstić information content (AvgIpc) is 2.41. The fourth-order valence-electron chi connectivity index (χ4n) is 2.66. The first-order chi connectivity index (χ1) is 9.77. The number of amidine groups is 1. The van der Waals surface area contributed by atoms with Crippen LogP contribution in [0, 0.1) is 17.1 Å². The molecule has 7 heteroatoms. The SMILES string of the molecule is CC1CCC(NS(=O)(=O)c2ccccc2F)(C(=N)N)CC1. The van der Waals surface area contributed by atoms with Crippen molar-refractivity contribution in [2.24, 2.45) is 11.7 Å². The predicted molar refractivity (Wildman–Crippen MR) is 79.0 cm³/mol. The van der Waals surface area contributed by atoms with Gasteiger partial charge in [0.25, 0.3) is 0 Å². The Morgan fingerprint density at radius 3 is 2.48 bits per heavy atom. The van der Waals surface area contributed by atoms with Crippen LogP contribution in [0.15, 0.2) is 29.2 Å². The highest BCUT2D eigenvalue weighted by Crippen LogP contribution is 2.33. The molecule has 0 amide bonds. The second kappa shape index (κ2) is 5.73. The third kappa shape index (κ3) is 3.24. The third-order valence-corrected chi connectivity index (χ3v) is 5.67. The molecule has 1 fully saturated rings. The topological polar surface area (TPSA) is 96.0 Å². The Labute approximate surface area is 124 Å². The normalized spacial score (nSPS) is 26.5. The summed E-state index contributed by atoms with van der Waals surface area (Å²) in [6.07, 6.45) is 2.47. The van der Waals surface area contributed by atoms with Crippen LogP contribution in [-0.2, 0) is 10.0 Å². The maximum absolute atomic E-state index is 13.7. The van der Waals surface area contributed by atoms with Crippen molar-refractivity contribution in [3.63, 3.8) is 0 Å². The monoisotopic (exact) mass is 313 g/mol. The summed E-state index contributed by atoms with van der Waals surface area (Å²) in [7, 11) is -4.06. The molecule has 0 spiro atoms. The van der Waals surface area contributed by atoms with Crippen molar-refractivity contribution in [1.82, 2.24) is 4.72 Å². The van der Waals surface area contributed by atoms with Gasteiger partial charge in [-0.05, 0) is 43.7 Å². The molecular formula is C14H20FN3O2S. The lowest BCUT2D eigenvalue weighted by Gasteiger charge is -2.38. The molecule has 1 aromatic carbocycles. The molecule has 1 saturated carbocycles. The predicted octanol–water partition coefficient (Wildman–Crippen LogP) is 1.99. The molecule has 116 valence electrons. The lowest BCUT2D eigenvalue weighted by molar-refractivity contribution is 0.285. The molecule has 0 unspecified atom stereocenters. The fourth-order valence-corrected chi connectivity index (χ4v) is 4.18. The molecule has 0 heterocycles. The zero-order valence-electron chi connectivity index (χ0n) is 11.9. The van der Waals surface area contributed by atoms with Crippen molar-refractivity contribution in [3.05, 3.63) is 30.1 Å². The summed E-state index contributed by atoms with van der Waals surface area (Å²) in [5, 5.41) is 7.76. The third-order valence-electron chi connectivity index (χ3n) is 4.10. The average molecular weight is 313 g/mol. The van der Waals surface area contributed by atoms with Gasteiger partial charge in [0, 0.05) is 0 Å². The van der Waals surface area contributed by atoms with Crippen molar-refractivity contribution < 1.29 is 12.8 Å². The van der Waals surface area contributed by atoms with Gasteiger partial charge in [-0.25, -0.2) is 12.8 Å². The quantitative estimate of drug-likeness (QED) is 0.586. The Kier molecular flexibility index (Phi) is 4.34. The van der Waals surface area contributed by atoms with E-state index >= 15 is 0 Å². The number of rotatable bonds is 4. The van der Waals surface area contributed by atoms with E-state index in [0.29, 0.717) is 18.8 Å². The summed E-state index contributed by atoms with van der Waals surface area (Å²) < 4.78 is 41.0. The zero-order chi connectivity index (χ0) is 15.7. The van der Waals surface area contributed by atoms with Crippen LogP contribution in [-0.4, -0.2) is 19.8 Å². The Bertz CT molecular complexity index is 637. The Morgan fingerprint density at radius 2 is 1.95 bits per heavy atom. The number of sulfonamides is 1. The van der Waals surface area contributed by atoms with Crippen LogP contribution in [0.5, 0.6) is 0 Å². The molecule has 1 aliphatic rings. The fraction of sp³-hybridized carbons (Fsp3) is 0.500. The molecule has 1 aromatic rings. The largest absolute Gasteiger partial charge is 0.386 e. The van der Waals surface area contributed by atoms with Crippen molar-refractivity contribution in [2.75, 3.05) is 0 Å². The van der Waals surface area contributed by atoms with E-state index in [1.807, 2.05) is 0 Å². The van der Waals surface area contributed by atoms with Gasteiger partial charge in [0.1, 0.15) is 16.5 Å². The molecule has 1 aliphatic carbocycles. The van der Waals surface area contributed by atoms with Gasteiger partial charge in [-0.15, -0.1) is 0 Å². The maximum Gasteiger partial charge on any atom is 0.244 e. The first-order valence-corrected chi connectivity index (χ1v) is 8.38. The second-order valence-electron chi connectivity index (χ2n) is 5.71. The summed E-state index contributed by atoms with van der Waals surface area (Å²) in [5.41, 5.74) is 4.53. The van der Waals surface area contributed by atoms with Crippen molar-refractivity contribution in [1.29, 1.82) is 5.41 Å². The minimum absolute atomic E-state index is 0.214. The number of benzene rings is 1. The first-order valence-electron chi connectivity index (χ1n) is 6.90. The van der Waals surface area contributed by atoms with Crippen LogP contribution in [0.3, 0.4) is 0 Å². The standard InChI is InChI=1S/C14H20FN3O2S/c1-10-6-8-14(9-7-10,13(16)17)18-21(19,20)12-5-3-2-4-11(12)15/h2-5,10,18H,6-9H2,1H3,(H3,16,17). The molecule has 0 atom stereocenters. The van der Waals surface area contributed by atoms with E-state index in [2.05, 4.69) is 11.6 Å². The molecule has 0 radical (unpaired) electrons. The van der Waals surface area contributed by atoms with Gasteiger partial charge in [0.2, 0.25) is 10.0 Å². The molecule has 0 saturated heterocycles. The summed E-state index contributed by atoms with van der Waals surface area (Å²) >= 11 is 0. The van der Waals surface area contributed by atoms with Gasteiger partial charge in [0.15, 0.2) is 0 Å². The molecule has 2 rings (SSSR count). The summed E-state index contributed by atoms with van der Waals surface area (Å²) in [6, 6.07) is 5.19. The van der Waals surface area contributed by atoms with Crippen molar-refractivity contribution in [2.45, 2.75) is 43.0 Å². The molecule has 21 heavy (non-hydrogen) atoms. The van der Waals surface area contributed by atoms with Crippen LogP contribution >= 0.6 is 0 Å². The number of hydrogen-bond acceptors (Lipinski definition) is 3. The van der Waals surface area contributed by atoms with Crippen LogP contribution in [0.1, 0.15) is 32.6 Å².